The van der Waals surface area contributed by atoms with Crippen molar-refractivity contribution < 1.29 is 19.0 Å². The second-order valence-electron chi connectivity index (χ2n) is 7.58. The Morgan fingerprint density at radius 1 is 1.09 bits per heavy atom. The van der Waals surface area contributed by atoms with Crippen LogP contribution in [0.3, 0.4) is 0 Å². The van der Waals surface area contributed by atoms with Gasteiger partial charge in [0.05, 0.1) is 10.5 Å². The minimum Gasteiger partial charge on any atom is -0.481 e. The molecule has 2 N–H and O–H groups in total. The van der Waals surface area contributed by atoms with E-state index in [9.17, 15) is 9.18 Å². The molecule has 1 atom stereocenters. The summed E-state index contributed by atoms with van der Waals surface area (Å²) < 4.78 is 19.3. The molecule has 33 heavy (non-hydrogen) atoms. The summed E-state index contributed by atoms with van der Waals surface area (Å²) in [5, 5.41) is 13.0. The third kappa shape index (κ3) is 5.30. The molecule has 5 nitrogen and oxygen atoms in total. The van der Waals surface area contributed by atoms with Gasteiger partial charge in [-0.15, -0.1) is 0 Å². The lowest BCUT2D eigenvalue weighted by Crippen LogP contribution is -2.30. The fourth-order valence-corrected chi connectivity index (χ4v) is 3.80. The van der Waals surface area contributed by atoms with Crippen LogP contribution in [0.25, 0.3) is 22.0 Å². The number of nitrogens with one attached hydrogen (secondary N) is 1. The number of anilines is 1. The molecule has 0 aliphatic carbocycles. The zero-order chi connectivity index (χ0) is 23.4. The minimum absolute atomic E-state index is 0.0790. The molecule has 0 fully saturated rings. The summed E-state index contributed by atoms with van der Waals surface area (Å²) in [5.41, 5.74) is 3.84. The Labute approximate surface area is 195 Å². The van der Waals surface area contributed by atoms with E-state index < -0.39 is 11.9 Å². The molecule has 1 unspecified atom stereocenters. The molecule has 0 bridgehead atoms. The van der Waals surface area contributed by atoms with E-state index in [4.69, 9.17) is 21.4 Å². The Balaban J connectivity index is 1.50. The van der Waals surface area contributed by atoms with Gasteiger partial charge in [-0.1, -0.05) is 23.7 Å². The highest BCUT2D eigenvalue weighted by atomic mass is 35.5. The standard InChI is InChI=1S/C26H22ClFN2O3/c1-16(26(32)30-19-5-2-17(3-6-19)11-13-31)33-20-7-9-23-21(10-12-29-25(23)15-20)22-8-4-18(28)14-24(22)27/h2-10,12,14-16,31H,11,13H2,1H3,(H,30,32). The maximum atomic E-state index is 13.4. The van der Waals surface area contributed by atoms with E-state index in [1.54, 1.807) is 43.5 Å². The van der Waals surface area contributed by atoms with E-state index in [0.717, 1.165) is 16.5 Å². The lowest BCUT2D eigenvalue weighted by atomic mass is 10.0. The molecule has 7 heteroatoms. The number of aromatic nitrogens is 1. The van der Waals surface area contributed by atoms with Crippen LogP contribution >= 0.6 is 11.6 Å². The Morgan fingerprint density at radius 2 is 1.88 bits per heavy atom. The van der Waals surface area contributed by atoms with Crippen molar-refractivity contribution in [3.63, 3.8) is 0 Å². The molecule has 1 aromatic heterocycles. The van der Waals surface area contributed by atoms with Crippen LogP contribution in [0.2, 0.25) is 5.02 Å². The molecule has 4 aromatic rings. The van der Waals surface area contributed by atoms with Gasteiger partial charge >= 0.3 is 0 Å². The minimum atomic E-state index is -0.741. The fourth-order valence-electron chi connectivity index (χ4n) is 3.53. The highest BCUT2D eigenvalue weighted by Gasteiger charge is 2.16. The number of nitrogens with zero attached hydrogens (tertiary/aromatic N) is 1. The van der Waals surface area contributed by atoms with Crippen LogP contribution in [0.4, 0.5) is 10.1 Å². The van der Waals surface area contributed by atoms with Crippen LogP contribution in [0.1, 0.15) is 12.5 Å². The molecule has 1 amide bonds. The van der Waals surface area contributed by atoms with Gasteiger partial charge in [-0.05, 0) is 73.0 Å². The van der Waals surface area contributed by atoms with Crippen molar-refractivity contribution in [2.45, 2.75) is 19.4 Å². The molecular weight excluding hydrogens is 443 g/mol. The van der Waals surface area contributed by atoms with Gasteiger partial charge in [0, 0.05) is 35.5 Å². The molecule has 4 rings (SSSR count). The number of fused-ring (bicyclic) bond motifs is 1. The fraction of sp³-hybridized carbons (Fsp3) is 0.154. The molecule has 0 saturated carbocycles. The summed E-state index contributed by atoms with van der Waals surface area (Å²) in [6, 6.07) is 18.8. The maximum absolute atomic E-state index is 13.4. The Morgan fingerprint density at radius 3 is 2.61 bits per heavy atom. The average molecular weight is 465 g/mol. The predicted octanol–water partition coefficient (Wildman–Crippen LogP) is 5.64. The second kappa shape index (κ2) is 9.98. The van der Waals surface area contributed by atoms with E-state index in [2.05, 4.69) is 10.3 Å². The van der Waals surface area contributed by atoms with Gasteiger partial charge in [-0.3, -0.25) is 9.78 Å². The predicted molar refractivity (Wildman–Crippen MR) is 128 cm³/mol. The smallest absolute Gasteiger partial charge is 0.265 e. The number of hydrogen-bond acceptors (Lipinski definition) is 4. The normalized spacial score (nSPS) is 11.9. The van der Waals surface area contributed by atoms with Crippen molar-refractivity contribution in [2.24, 2.45) is 0 Å². The third-order valence-electron chi connectivity index (χ3n) is 5.24. The number of carbonyl (C=O) groups is 1. The highest BCUT2D eigenvalue weighted by molar-refractivity contribution is 6.33. The molecule has 0 spiro atoms. The first kappa shape index (κ1) is 22.7. The summed E-state index contributed by atoms with van der Waals surface area (Å²) in [7, 11) is 0. The third-order valence-corrected chi connectivity index (χ3v) is 5.55. The lowest BCUT2D eigenvalue weighted by Gasteiger charge is -2.16. The molecule has 0 radical (unpaired) electrons. The molecule has 3 aromatic carbocycles. The van der Waals surface area contributed by atoms with Crippen molar-refractivity contribution in [1.29, 1.82) is 0 Å². The van der Waals surface area contributed by atoms with E-state index in [-0.39, 0.29) is 12.5 Å². The average Bonchev–Trinajstić information content (AvgIpc) is 2.80. The SMILES string of the molecule is CC(Oc1ccc2c(-c3ccc(F)cc3Cl)ccnc2c1)C(=O)Nc1ccc(CCO)cc1. The van der Waals surface area contributed by atoms with Gasteiger partial charge in [0.2, 0.25) is 0 Å². The quantitative estimate of drug-likeness (QED) is 0.371. The van der Waals surface area contributed by atoms with Gasteiger partial charge in [0.15, 0.2) is 6.10 Å². The number of halogens is 2. The van der Waals surface area contributed by atoms with Crippen molar-refractivity contribution in [2.75, 3.05) is 11.9 Å². The number of aliphatic hydroxyl groups excluding tert-OH is 1. The Bertz CT molecular complexity index is 1290. The molecule has 0 aliphatic heterocycles. The summed E-state index contributed by atoms with van der Waals surface area (Å²) in [6.07, 6.45) is 1.48. The van der Waals surface area contributed by atoms with Crippen molar-refractivity contribution >= 4 is 34.1 Å². The number of carbonyl (C=O) groups excluding carboxylic acids is 1. The number of aliphatic hydroxyl groups is 1. The molecule has 0 saturated heterocycles. The number of rotatable bonds is 7. The van der Waals surface area contributed by atoms with Crippen LogP contribution in [-0.4, -0.2) is 28.7 Å². The first-order chi connectivity index (χ1) is 15.9. The van der Waals surface area contributed by atoms with E-state index >= 15 is 0 Å². The van der Waals surface area contributed by atoms with E-state index in [1.807, 2.05) is 24.3 Å². The zero-order valence-electron chi connectivity index (χ0n) is 17.9. The van der Waals surface area contributed by atoms with Crippen molar-refractivity contribution in [3.8, 4) is 16.9 Å². The van der Waals surface area contributed by atoms with Gasteiger partial charge < -0.3 is 15.2 Å². The highest BCUT2D eigenvalue weighted by Crippen LogP contribution is 2.34. The second-order valence-corrected chi connectivity index (χ2v) is 7.99. The van der Waals surface area contributed by atoms with Crippen molar-refractivity contribution in [3.05, 3.63) is 89.3 Å². The number of benzene rings is 3. The number of hydrogen-bond donors (Lipinski definition) is 2. The maximum Gasteiger partial charge on any atom is 0.265 e. The summed E-state index contributed by atoms with van der Waals surface area (Å²) in [5.74, 6) is -0.186. The van der Waals surface area contributed by atoms with Gasteiger partial charge in [0.25, 0.3) is 5.91 Å². The Kier molecular flexibility index (Phi) is 6.87. The Hall–Kier alpha value is -3.48. The van der Waals surface area contributed by atoms with Crippen molar-refractivity contribution in [1.82, 2.24) is 4.98 Å². The number of amides is 1. The molecule has 1 heterocycles. The van der Waals surface area contributed by atoms with Crippen LogP contribution in [0.15, 0.2) is 72.9 Å². The number of pyridine rings is 1. The lowest BCUT2D eigenvalue weighted by molar-refractivity contribution is -0.122. The van der Waals surface area contributed by atoms with Crippen LogP contribution in [0, 0.1) is 5.82 Å². The van der Waals surface area contributed by atoms with Crippen LogP contribution < -0.4 is 10.1 Å². The zero-order valence-corrected chi connectivity index (χ0v) is 18.6. The number of ether oxygens (including phenoxy) is 1. The van der Waals surface area contributed by atoms with Gasteiger partial charge in [0.1, 0.15) is 11.6 Å². The molecule has 0 aliphatic rings. The van der Waals surface area contributed by atoms with E-state index in [0.29, 0.717) is 34.0 Å². The first-order valence-corrected chi connectivity index (χ1v) is 10.8. The van der Waals surface area contributed by atoms with Gasteiger partial charge in [-0.2, -0.15) is 0 Å². The first-order valence-electron chi connectivity index (χ1n) is 10.5. The monoisotopic (exact) mass is 464 g/mol. The summed E-state index contributed by atoms with van der Waals surface area (Å²) in [4.78, 5) is 17.0. The molecule has 168 valence electrons. The summed E-state index contributed by atoms with van der Waals surface area (Å²) in [6.45, 7) is 1.75. The van der Waals surface area contributed by atoms with Gasteiger partial charge in [-0.25, -0.2) is 4.39 Å². The van der Waals surface area contributed by atoms with Crippen LogP contribution in [0.5, 0.6) is 5.75 Å². The van der Waals surface area contributed by atoms with E-state index in [1.165, 1.54) is 12.1 Å². The van der Waals surface area contributed by atoms with Crippen LogP contribution in [-0.2, 0) is 11.2 Å². The molecular formula is C26H22ClFN2O3. The largest absolute Gasteiger partial charge is 0.481 e. The topological polar surface area (TPSA) is 71.5 Å². The summed E-state index contributed by atoms with van der Waals surface area (Å²) >= 11 is 6.25.